The molecule has 1 aliphatic rings. The lowest BCUT2D eigenvalue weighted by atomic mass is 10.1. The van der Waals surface area contributed by atoms with Gasteiger partial charge in [0.1, 0.15) is 5.82 Å². The van der Waals surface area contributed by atoms with Crippen molar-refractivity contribution in [3.05, 3.63) is 54.0 Å². The minimum atomic E-state index is -0.325. The van der Waals surface area contributed by atoms with Crippen LogP contribution in [0, 0.1) is 5.82 Å². The van der Waals surface area contributed by atoms with Crippen LogP contribution in [0.4, 0.5) is 10.2 Å². The molecule has 0 bridgehead atoms. The van der Waals surface area contributed by atoms with Gasteiger partial charge in [-0.2, -0.15) is 5.10 Å². The summed E-state index contributed by atoms with van der Waals surface area (Å²) in [7, 11) is 0. The van der Waals surface area contributed by atoms with Crippen LogP contribution in [0.25, 0.3) is 0 Å². The summed E-state index contributed by atoms with van der Waals surface area (Å²) < 4.78 is 13.6. The molecule has 2 heterocycles. The summed E-state index contributed by atoms with van der Waals surface area (Å²) in [6.07, 6.45) is 1.75. The SMILES string of the molecule is O=C(Cc1ccccc1F)N1CCN(c2cccnn2)CC1. The molecule has 22 heavy (non-hydrogen) atoms. The van der Waals surface area contributed by atoms with Gasteiger partial charge in [0.2, 0.25) is 5.91 Å². The summed E-state index contributed by atoms with van der Waals surface area (Å²) in [4.78, 5) is 16.1. The number of amides is 1. The van der Waals surface area contributed by atoms with Gasteiger partial charge in [-0.1, -0.05) is 18.2 Å². The Morgan fingerprint density at radius 3 is 2.55 bits per heavy atom. The van der Waals surface area contributed by atoms with Crippen LogP contribution in [0.1, 0.15) is 5.56 Å². The van der Waals surface area contributed by atoms with Crippen molar-refractivity contribution >= 4 is 11.7 Å². The number of aromatic nitrogens is 2. The van der Waals surface area contributed by atoms with E-state index in [1.165, 1.54) is 6.07 Å². The van der Waals surface area contributed by atoms with Gasteiger partial charge in [0, 0.05) is 32.4 Å². The van der Waals surface area contributed by atoms with E-state index >= 15 is 0 Å². The van der Waals surface area contributed by atoms with Crippen molar-refractivity contribution < 1.29 is 9.18 Å². The number of hydrogen-bond acceptors (Lipinski definition) is 4. The molecule has 5 nitrogen and oxygen atoms in total. The van der Waals surface area contributed by atoms with Crippen molar-refractivity contribution in [3.8, 4) is 0 Å². The van der Waals surface area contributed by atoms with Crippen LogP contribution in [-0.2, 0) is 11.2 Å². The maximum absolute atomic E-state index is 13.6. The lowest BCUT2D eigenvalue weighted by Gasteiger charge is -2.35. The summed E-state index contributed by atoms with van der Waals surface area (Å²) in [5.74, 6) is 0.460. The molecule has 2 aromatic rings. The number of piperazine rings is 1. The first-order valence-corrected chi connectivity index (χ1v) is 7.28. The van der Waals surface area contributed by atoms with Crippen LogP contribution in [-0.4, -0.2) is 47.2 Å². The van der Waals surface area contributed by atoms with E-state index in [9.17, 15) is 9.18 Å². The molecule has 1 aromatic carbocycles. The Balaban J connectivity index is 1.57. The number of rotatable bonds is 3. The predicted molar refractivity (Wildman–Crippen MR) is 80.9 cm³/mol. The van der Waals surface area contributed by atoms with E-state index in [-0.39, 0.29) is 18.1 Å². The van der Waals surface area contributed by atoms with Gasteiger partial charge in [-0.25, -0.2) is 4.39 Å². The highest BCUT2D eigenvalue weighted by Crippen LogP contribution is 2.14. The molecule has 0 unspecified atom stereocenters. The molecule has 1 fully saturated rings. The molecule has 1 aromatic heterocycles. The third-order valence-electron chi connectivity index (χ3n) is 3.81. The van der Waals surface area contributed by atoms with Gasteiger partial charge in [-0.05, 0) is 23.8 Å². The Morgan fingerprint density at radius 2 is 1.86 bits per heavy atom. The smallest absolute Gasteiger partial charge is 0.227 e. The van der Waals surface area contributed by atoms with Crippen molar-refractivity contribution in [1.82, 2.24) is 15.1 Å². The molecular weight excluding hydrogens is 283 g/mol. The normalized spacial score (nSPS) is 15.0. The Kier molecular flexibility index (Phi) is 4.27. The van der Waals surface area contributed by atoms with Crippen molar-refractivity contribution in [2.75, 3.05) is 31.1 Å². The monoisotopic (exact) mass is 300 g/mol. The number of carbonyl (C=O) groups excluding carboxylic acids is 1. The zero-order valence-corrected chi connectivity index (χ0v) is 12.2. The van der Waals surface area contributed by atoms with Gasteiger partial charge < -0.3 is 9.80 Å². The second-order valence-corrected chi connectivity index (χ2v) is 5.22. The lowest BCUT2D eigenvalue weighted by molar-refractivity contribution is -0.130. The second kappa shape index (κ2) is 6.51. The topological polar surface area (TPSA) is 49.3 Å². The van der Waals surface area contributed by atoms with Crippen molar-refractivity contribution in [1.29, 1.82) is 0 Å². The highest BCUT2D eigenvalue weighted by atomic mass is 19.1. The molecule has 0 N–H and O–H groups in total. The van der Waals surface area contributed by atoms with Crippen LogP contribution in [0.3, 0.4) is 0 Å². The first kappa shape index (κ1) is 14.4. The third-order valence-corrected chi connectivity index (χ3v) is 3.81. The number of anilines is 1. The zero-order valence-electron chi connectivity index (χ0n) is 12.2. The molecule has 0 aliphatic carbocycles. The Morgan fingerprint density at radius 1 is 1.09 bits per heavy atom. The molecule has 3 rings (SSSR count). The molecule has 114 valence electrons. The van der Waals surface area contributed by atoms with Crippen molar-refractivity contribution in [2.24, 2.45) is 0 Å². The molecule has 0 spiro atoms. The average molecular weight is 300 g/mol. The molecule has 1 aliphatic heterocycles. The Labute approximate surface area is 128 Å². The van der Waals surface area contributed by atoms with Crippen LogP contribution in [0.2, 0.25) is 0 Å². The lowest BCUT2D eigenvalue weighted by Crippen LogP contribution is -2.49. The molecular formula is C16H17FN4O. The van der Waals surface area contributed by atoms with E-state index < -0.39 is 0 Å². The second-order valence-electron chi connectivity index (χ2n) is 5.22. The number of halogens is 1. The molecule has 1 saturated heterocycles. The fraction of sp³-hybridized carbons (Fsp3) is 0.312. The average Bonchev–Trinajstić information content (AvgIpc) is 2.58. The fourth-order valence-corrected chi connectivity index (χ4v) is 2.56. The van der Waals surface area contributed by atoms with Gasteiger partial charge in [-0.3, -0.25) is 4.79 Å². The minimum Gasteiger partial charge on any atom is -0.352 e. The summed E-state index contributed by atoms with van der Waals surface area (Å²) in [6.45, 7) is 2.65. The van der Waals surface area contributed by atoms with Gasteiger partial charge in [0.25, 0.3) is 0 Å². The molecule has 1 amide bonds. The van der Waals surface area contributed by atoms with Crippen LogP contribution in [0.5, 0.6) is 0 Å². The van der Waals surface area contributed by atoms with Crippen molar-refractivity contribution in [3.63, 3.8) is 0 Å². The van der Waals surface area contributed by atoms with Crippen LogP contribution >= 0.6 is 0 Å². The van der Waals surface area contributed by atoms with E-state index in [0.29, 0.717) is 31.7 Å². The summed E-state index contributed by atoms with van der Waals surface area (Å²) in [5, 5.41) is 7.94. The predicted octanol–water partition coefficient (Wildman–Crippen LogP) is 1.51. The van der Waals surface area contributed by atoms with Crippen LogP contribution < -0.4 is 4.90 Å². The highest BCUT2D eigenvalue weighted by Gasteiger charge is 2.22. The van der Waals surface area contributed by atoms with Crippen molar-refractivity contribution in [2.45, 2.75) is 6.42 Å². The first-order chi connectivity index (χ1) is 10.7. The number of carbonyl (C=O) groups is 1. The van der Waals surface area contributed by atoms with E-state index in [1.807, 2.05) is 12.1 Å². The Bertz CT molecular complexity index is 642. The van der Waals surface area contributed by atoms with E-state index in [1.54, 1.807) is 29.3 Å². The molecule has 0 radical (unpaired) electrons. The van der Waals surface area contributed by atoms with Gasteiger partial charge >= 0.3 is 0 Å². The summed E-state index contributed by atoms with van der Waals surface area (Å²) >= 11 is 0. The zero-order chi connectivity index (χ0) is 15.4. The summed E-state index contributed by atoms with van der Waals surface area (Å²) in [5.41, 5.74) is 0.448. The standard InChI is InChI=1S/C16H17FN4O/c17-14-5-2-1-4-13(14)12-16(22)21-10-8-20(9-11-21)15-6-3-7-18-19-15/h1-7H,8-12H2. The minimum absolute atomic E-state index is 0.0381. The highest BCUT2D eigenvalue weighted by molar-refractivity contribution is 5.79. The summed E-state index contributed by atoms with van der Waals surface area (Å²) in [6, 6.07) is 10.2. The quantitative estimate of drug-likeness (QED) is 0.862. The number of nitrogens with zero attached hydrogens (tertiary/aromatic N) is 4. The van der Waals surface area contributed by atoms with E-state index in [0.717, 1.165) is 5.82 Å². The Hall–Kier alpha value is -2.50. The maximum atomic E-state index is 13.6. The van der Waals surface area contributed by atoms with Gasteiger partial charge in [0.15, 0.2) is 5.82 Å². The van der Waals surface area contributed by atoms with E-state index in [2.05, 4.69) is 15.1 Å². The first-order valence-electron chi connectivity index (χ1n) is 7.28. The maximum Gasteiger partial charge on any atom is 0.227 e. The largest absolute Gasteiger partial charge is 0.352 e. The number of hydrogen-bond donors (Lipinski definition) is 0. The van der Waals surface area contributed by atoms with Gasteiger partial charge in [-0.15, -0.1) is 5.10 Å². The molecule has 0 atom stereocenters. The number of benzene rings is 1. The third kappa shape index (κ3) is 3.21. The fourth-order valence-electron chi connectivity index (χ4n) is 2.56. The van der Waals surface area contributed by atoms with Crippen LogP contribution in [0.15, 0.2) is 42.6 Å². The van der Waals surface area contributed by atoms with E-state index in [4.69, 9.17) is 0 Å². The van der Waals surface area contributed by atoms with Gasteiger partial charge in [0.05, 0.1) is 6.42 Å². The molecule has 0 saturated carbocycles. The molecule has 6 heteroatoms.